The molecule has 1 N–H and O–H groups in total. The van der Waals surface area contributed by atoms with Crippen molar-refractivity contribution in [1.82, 2.24) is 5.01 Å². The maximum atomic E-state index is 13.1. The number of carbonyl (C=O) groups excluding carboxylic acids is 1. The third-order valence-electron chi connectivity index (χ3n) is 3.43. The molecule has 1 aromatic heterocycles. The average molecular weight is 288 g/mol. The Bertz CT molecular complexity index is 563. The fourth-order valence-corrected chi connectivity index (χ4v) is 2.15. The minimum atomic E-state index is -4.99. The Morgan fingerprint density at radius 2 is 2.20 bits per heavy atom. The summed E-state index contributed by atoms with van der Waals surface area (Å²) in [5, 5.41) is 13.7. The van der Waals surface area contributed by atoms with E-state index in [-0.39, 0.29) is 22.4 Å². The molecule has 1 saturated carbocycles. The molecule has 0 unspecified atom stereocenters. The van der Waals surface area contributed by atoms with Crippen LogP contribution in [0.15, 0.2) is 27.9 Å². The standard InChI is InChI=1S/C12H11F3N2O3/c13-12(14,15)11(19)6-8(7-3-4-7)16-17(11)10(18)9-2-1-5-20-9/h1-2,5,7,19H,3-4,6H2/t11-/m1/s1. The van der Waals surface area contributed by atoms with Gasteiger partial charge in [-0.05, 0) is 30.9 Å². The van der Waals surface area contributed by atoms with Gasteiger partial charge in [0.15, 0.2) is 5.76 Å². The number of carbonyl (C=O) groups is 1. The largest absolute Gasteiger partial charge is 0.459 e. The highest BCUT2D eigenvalue weighted by molar-refractivity contribution is 5.98. The number of furan rings is 1. The second kappa shape index (κ2) is 4.08. The molecule has 1 atom stereocenters. The summed E-state index contributed by atoms with van der Waals surface area (Å²) in [6, 6.07) is 2.60. The van der Waals surface area contributed by atoms with E-state index in [4.69, 9.17) is 4.42 Å². The monoisotopic (exact) mass is 288 g/mol. The van der Waals surface area contributed by atoms with Gasteiger partial charge in [-0.2, -0.15) is 23.3 Å². The Morgan fingerprint density at radius 1 is 1.50 bits per heavy atom. The molecule has 0 bridgehead atoms. The molecule has 20 heavy (non-hydrogen) atoms. The zero-order chi connectivity index (χ0) is 14.5. The lowest BCUT2D eigenvalue weighted by Crippen LogP contribution is -2.56. The smallest absolute Gasteiger partial charge is 0.438 e. The maximum absolute atomic E-state index is 13.1. The van der Waals surface area contributed by atoms with Crippen molar-refractivity contribution >= 4 is 11.6 Å². The Hall–Kier alpha value is -1.83. The van der Waals surface area contributed by atoms with Crippen molar-refractivity contribution < 1.29 is 27.5 Å². The van der Waals surface area contributed by atoms with E-state index in [2.05, 4.69) is 5.10 Å². The fourth-order valence-electron chi connectivity index (χ4n) is 2.15. The summed E-state index contributed by atoms with van der Waals surface area (Å²) in [7, 11) is 0. The van der Waals surface area contributed by atoms with Gasteiger partial charge in [-0.1, -0.05) is 0 Å². The number of hydrogen-bond donors (Lipinski definition) is 1. The normalized spacial score (nSPS) is 26.8. The number of halogens is 3. The summed E-state index contributed by atoms with van der Waals surface area (Å²) in [6.07, 6.45) is -3.06. The third-order valence-corrected chi connectivity index (χ3v) is 3.43. The maximum Gasteiger partial charge on any atom is 0.438 e. The van der Waals surface area contributed by atoms with Crippen molar-refractivity contribution in [2.75, 3.05) is 0 Å². The highest BCUT2D eigenvalue weighted by atomic mass is 19.4. The molecule has 1 fully saturated rings. The van der Waals surface area contributed by atoms with Gasteiger partial charge in [-0.25, -0.2) is 0 Å². The number of alkyl halides is 3. The Labute approximate surface area is 111 Å². The first-order chi connectivity index (χ1) is 9.33. The van der Waals surface area contributed by atoms with E-state index in [0.29, 0.717) is 0 Å². The van der Waals surface area contributed by atoms with Gasteiger partial charge in [0.2, 0.25) is 0 Å². The summed E-state index contributed by atoms with van der Waals surface area (Å²) < 4.78 is 44.1. The fraction of sp³-hybridized carbons (Fsp3) is 0.500. The number of hydrazone groups is 1. The molecule has 0 aromatic carbocycles. The van der Waals surface area contributed by atoms with E-state index in [0.717, 1.165) is 12.8 Å². The lowest BCUT2D eigenvalue weighted by Gasteiger charge is -2.32. The van der Waals surface area contributed by atoms with Crippen molar-refractivity contribution in [3.05, 3.63) is 24.2 Å². The lowest BCUT2D eigenvalue weighted by atomic mass is 10.0. The first kappa shape index (κ1) is 13.2. The number of amides is 1. The van der Waals surface area contributed by atoms with Gasteiger partial charge in [-0.15, -0.1) is 0 Å². The van der Waals surface area contributed by atoms with Crippen LogP contribution >= 0.6 is 0 Å². The molecule has 1 aliphatic heterocycles. The van der Waals surface area contributed by atoms with E-state index < -0.39 is 24.2 Å². The first-order valence-electron chi connectivity index (χ1n) is 6.07. The van der Waals surface area contributed by atoms with Crippen LogP contribution in [0.4, 0.5) is 13.2 Å². The molecule has 0 spiro atoms. The summed E-state index contributed by atoms with van der Waals surface area (Å²) in [5.74, 6) is -1.47. The minimum absolute atomic E-state index is 0.0710. The van der Waals surface area contributed by atoms with Crippen LogP contribution in [0, 0.1) is 5.92 Å². The van der Waals surface area contributed by atoms with Crippen molar-refractivity contribution in [2.45, 2.75) is 31.2 Å². The van der Waals surface area contributed by atoms with E-state index >= 15 is 0 Å². The van der Waals surface area contributed by atoms with Crippen LogP contribution in [0.3, 0.4) is 0 Å². The molecule has 1 aliphatic carbocycles. The topological polar surface area (TPSA) is 66.0 Å². The molecule has 2 aliphatic rings. The molecular weight excluding hydrogens is 277 g/mol. The summed E-state index contributed by atoms with van der Waals surface area (Å²) in [6.45, 7) is 0. The Balaban J connectivity index is 1.97. The molecule has 0 radical (unpaired) electrons. The zero-order valence-electron chi connectivity index (χ0n) is 10.2. The molecule has 5 nitrogen and oxygen atoms in total. The SMILES string of the molecule is O=C(c1ccco1)N1N=C(C2CC2)C[C@@]1(O)C(F)(F)F. The number of hydrogen-bond acceptors (Lipinski definition) is 4. The first-order valence-corrected chi connectivity index (χ1v) is 6.07. The molecule has 8 heteroatoms. The van der Waals surface area contributed by atoms with E-state index in [1.165, 1.54) is 18.4 Å². The van der Waals surface area contributed by atoms with Gasteiger partial charge < -0.3 is 9.52 Å². The molecule has 2 heterocycles. The van der Waals surface area contributed by atoms with E-state index in [9.17, 15) is 23.1 Å². The van der Waals surface area contributed by atoms with Crippen LogP contribution < -0.4 is 0 Å². The van der Waals surface area contributed by atoms with Gasteiger partial charge in [0.05, 0.1) is 6.26 Å². The van der Waals surface area contributed by atoms with Crippen molar-refractivity contribution in [3.8, 4) is 0 Å². The van der Waals surface area contributed by atoms with Crippen LogP contribution in [-0.4, -0.2) is 33.6 Å². The van der Waals surface area contributed by atoms with Crippen LogP contribution in [-0.2, 0) is 0 Å². The van der Waals surface area contributed by atoms with Crippen LogP contribution in [0.25, 0.3) is 0 Å². The second-order valence-corrected chi connectivity index (χ2v) is 4.95. The number of nitrogens with zero attached hydrogens (tertiary/aromatic N) is 2. The van der Waals surface area contributed by atoms with Crippen LogP contribution in [0.5, 0.6) is 0 Å². The van der Waals surface area contributed by atoms with Crippen molar-refractivity contribution in [3.63, 3.8) is 0 Å². The quantitative estimate of drug-likeness (QED) is 0.906. The van der Waals surface area contributed by atoms with E-state index in [1.807, 2.05) is 0 Å². The van der Waals surface area contributed by atoms with Crippen LogP contribution in [0.1, 0.15) is 29.8 Å². The van der Waals surface area contributed by atoms with Gasteiger partial charge >= 0.3 is 12.1 Å². The van der Waals surface area contributed by atoms with Gasteiger partial charge in [0, 0.05) is 12.1 Å². The van der Waals surface area contributed by atoms with Gasteiger partial charge in [0.1, 0.15) is 0 Å². The Kier molecular flexibility index (Phi) is 2.69. The third kappa shape index (κ3) is 1.91. The zero-order valence-corrected chi connectivity index (χ0v) is 10.2. The Morgan fingerprint density at radius 3 is 2.70 bits per heavy atom. The predicted octanol–water partition coefficient (Wildman–Crippen LogP) is 2.14. The second-order valence-electron chi connectivity index (χ2n) is 4.95. The van der Waals surface area contributed by atoms with Crippen molar-refractivity contribution in [2.24, 2.45) is 11.0 Å². The van der Waals surface area contributed by atoms with E-state index in [1.54, 1.807) is 0 Å². The number of rotatable bonds is 2. The summed E-state index contributed by atoms with van der Waals surface area (Å²) >= 11 is 0. The summed E-state index contributed by atoms with van der Waals surface area (Å²) in [4.78, 5) is 12.0. The van der Waals surface area contributed by atoms with Gasteiger partial charge in [0.25, 0.3) is 5.72 Å². The van der Waals surface area contributed by atoms with Gasteiger partial charge in [-0.3, -0.25) is 4.79 Å². The highest BCUT2D eigenvalue weighted by Crippen LogP contribution is 2.45. The molecule has 1 amide bonds. The number of aliphatic hydroxyl groups is 1. The average Bonchev–Trinajstić information content (AvgIpc) is 2.94. The molecule has 3 rings (SSSR count). The molecular formula is C12H11F3N2O3. The van der Waals surface area contributed by atoms with Crippen molar-refractivity contribution in [1.29, 1.82) is 0 Å². The molecule has 1 aromatic rings. The molecule has 0 saturated heterocycles. The highest BCUT2D eigenvalue weighted by Gasteiger charge is 2.64. The predicted molar refractivity (Wildman–Crippen MR) is 60.7 cm³/mol. The minimum Gasteiger partial charge on any atom is -0.459 e. The molecule has 108 valence electrons. The summed E-state index contributed by atoms with van der Waals surface area (Å²) in [5.41, 5.74) is -3.08. The van der Waals surface area contributed by atoms with Crippen LogP contribution in [0.2, 0.25) is 0 Å². The lowest BCUT2D eigenvalue weighted by molar-refractivity contribution is -0.297.